The second-order valence-electron chi connectivity index (χ2n) is 8.06. The van der Waals surface area contributed by atoms with Crippen LogP contribution in [0, 0.1) is 6.92 Å². The molecule has 0 amide bonds. The van der Waals surface area contributed by atoms with Crippen molar-refractivity contribution in [1.29, 1.82) is 0 Å². The molecule has 36 heavy (non-hydrogen) atoms. The maximum atomic E-state index is 9.37. The van der Waals surface area contributed by atoms with Crippen LogP contribution in [0.1, 0.15) is 57.5 Å². The molecular weight excluding hydrogens is 489 g/mol. The average Bonchev–Trinajstić information content (AvgIpc) is 3.25. The van der Waals surface area contributed by atoms with Gasteiger partial charge in [0.15, 0.2) is 0 Å². The molecule has 0 bridgehead atoms. The minimum atomic E-state index is -0.745. The van der Waals surface area contributed by atoms with Crippen LogP contribution in [0.3, 0.4) is 0 Å². The number of hydrogen-bond donors (Lipinski definition) is 1. The molecule has 1 heterocycles. The van der Waals surface area contributed by atoms with Crippen LogP contribution < -0.4 is 0 Å². The Hall–Kier alpha value is -2.75. The van der Waals surface area contributed by atoms with E-state index in [4.69, 9.17) is 28.3 Å². The SMILES string of the molecule is CC/C=C/c1cc(-c2ccccc2)c(C)n1-c1ccc(CC)cc1.CC=C(CCl)CCl.CCC(=O)O. The molecule has 2 aromatic carbocycles. The van der Waals surface area contributed by atoms with Crippen LogP contribution in [0.25, 0.3) is 22.9 Å². The molecule has 0 aliphatic rings. The first-order chi connectivity index (χ1) is 17.4. The lowest BCUT2D eigenvalue weighted by Crippen LogP contribution is -1.99. The number of benzene rings is 2. The zero-order valence-corrected chi connectivity index (χ0v) is 23.6. The third-order valence-electron chi connectivity index (χ3n) is 5.54. The summed E-state index contributed by atoms with van der Waals surface area (Å²) in [4.78, 5) is 9.37. The highest BCUT2D eigenvalue weighted by Crippen LogP contribution is 2.30. The number of hydrogen-bond acceptors (Lipinski definition) is 1. The lowest BCUT2D eigenvalue weighted by Gasteiger charge is -2.11. The van der Waals surface area contributed by atoms with Gasteiger partial charge in [0, 0.05) is 40.8 Å². The molecule has 3 rings (SSSR count). The minimum Gasteiger partial charge on any atom is -0.481 e. The number of alkyl halides is 2. The Morgan fingerprint density at radius 2 is 1.56 bits per heavy atom. The van der Waals surface area contributed by atoms with Crippen LogP contribution in [0.15, 0.2) is 78.4 Å². The van der Waals surface area contributed by atoms with Gasteiger partial charge in [-0.3, -0.25) is 4.79 Å². The maximum absolute atomic E-state index is 9.37. The summed E-state index contributed by atoms with van der Waals surface area (Å²) in [6, 6.07) is 21.8. The summed E-state index contributed by atoms with van der Waals surface area (Å²) in [7, 11) is 0. The smallest absolute Gasteiger partial charge is 0.303 e. The van der Waals surface area contributed by atoms with Crippen molar-refractivity contribution < 1.29 is 9.90 Å². The number of halogens is 2. The molecule has 0 saturated heterocycles. The van der Waals surface area contributed by atoms with Crippen LogP contribution in [-0.2, 0) is 11.2 Å². The maximum Gasteiger partial charge on any atom is 0.303 e. The number of nitrogens with zero attached hydrogens (tertiary/aromatic N) is 1. The molecule has 0 aliphatic heterocycles. The molecule has 3 aromatic rings. The molecule has 0 unspecified atom stereocenters. The second kappa shape index (κ2) is 17.6. The van der Waals surface area contributed by atoms with E-state index in [0.717, 1.165) is 18.4 Å². The number of aryl methyl sites for hydroxylation is 1. The highest BCUT2D eigenvalue weighted by Gasteiger charge is 2.13. The van der Waals surface area contributed by atoms with E-state index in [1.807, 2.05) is 13.0 Å². The topological polar surface area (TPSA) is 42.2 Å². The molecule has 0 radical (unpaired) electrons. The molecule has 0 spiro atoms. The molecule has 0 fully saturated rings. The summed E-state index contributed by atoms with van der Waals surface area (Å²) < 4.78 is 2.36. The van der Waals surface area contributed by atoms with Crippen molar-refractivity contribution in [2.45, 2.75) is 53.9 Å². The van der Waals surface area contributed by atoms with E-state index in [2.05, 4.69) is 98.2 Å². The second-order valence-corrected chi connectivity index (χ2v) is 8.60. The van der Waals surface area contributed by atoms with E-state index in [-0.39, 0.29) is 6.42 Å². The fraction of sp³-hybridized carbons (Fsp3) is 0.323. The van der Waals surface area contributed by atoms with Gasteiger partial charge in [0.1, 0.15) is 0 Å². The van der Waals surface area contributed by atoms with Crippen molar-refractivity contribution >= 4 is 35.2 Å². The van der Waals surface area contributed by atoms with Crippen LogP contribution in [0.4, 0.5) is 0 Å². The summed E-state index contributed by atoms with van der Waals surface area (Å²) >= 11 is 10.8. The van der Waals surface area contributed by atoms with E-state index in [1.165, 1.54) is 33.8 Å². The van der Waals surface area contributed by atoms with Crippen molar-refractivity contribution in [3.63, 3.8) is 0 Å². The third-order valence-corrected chi connectivity index (χ3v) is 6.23. The Balaban J connectivity index is 0.000000450. The van der Waals surface area contributed by atoms with Gasteiger partial charge in [-0.1, -0.05) is 75.4 Å². The average molecular weight is 529 g/mol. The zero-order chi connectivity index (χ0) is 26.9. The van der Waals surface area contributed by atoms with E-state index in [9.17, 15) is 4.79 Å². The number of carboxylic acids is 1. The largest absolute Gasteiger partial charge is 0.481 e. The van der Waals surface area contributed by atoms with Crippen molar-refractivity contribution in [3.8, 4) is 16.8 Å². The first kappa shape index (κ1) is 31.3. The predicted octanol–water partition coefficient (Wildman–Crippen LogP) is 9.33. The van der Waals surface area contributed by atoms with Crippen molar-refractivity contribution in [1.82, 2.24) is 4.57 Å². The Morgan fingerprint density at radius 1 is 0.972 bits per heavy atom. The number of rotatable bonds is 8. The molecule has 0 aliphatic carbocycles. The van der Waals surface area contributed by atoms with Crippen LogP contribution in [0.2, 0.25) is 0 Å². The predicted molar refractivity (Wildman–Crippen MR) is 158 cm³/mol. The number of carboxylic acid groups (broad SMARTS) is 1. The standard InChI is InChI=1S/C23H25N.C5H8Cl2.C3H6O2/c1-4-6-12-22-17-23(20-10-8-7-9-11-20)18(3)24(22)21-15-13-19(5-2)14-16-21;1-2-5(3-6)4-7;1-2-3(4)5/h6-17H,4-5H2,1-3H3;2H,3-4H2,1H3;2H2,1H3,(H,4,5)/b12-6+;;. The summed E-state index contributed by atoms with van der Waals surface area (Å²) in [5.41, 5.74) is 8.76. The number of carbonyl (C=O) groups is 1. The molecule has 5 heteroatoms. The van der Waals surface area contributed by atoms with Crippen molar-refractivity contribution in [3.05, 3.63) is 95.3 Å². The molecule has 1 N–H and O–H groups in total. The van der Waals surface area contributed by atoms with Gasteiger partial charge in [-0.2, -0.15) is 0 Å². The van der Waals surface area contributed by atoms with Crippen molar-refractivity contribution in [2.75, 3.05) is 11.8 Å². The van der Waals surface area contributed by atoms with Gasteiger partial charge in [0.05, 0.1) is 0 Å². The summed E-state index contributed by atoms with van der Waals surface area (Å²) in [6.45, 7) is 10.1. The summed E-state index contributed by atoms with van der Waals surface area (Å²) in [6.07, 6.45) is 8.72. The molecule has 0 atom stereocenters. The highest BCUT2D eigenvalue weighted by atomic mass is 35.5. The van der Waals surface area contributed by atoms with E-state index in [1.54, 1.807) is 6.92 Å². The monoisotopic (exact) mass is 527 g/mol. The number of aliphatic carboxylic acids is 1. The fourth-order valence-electron chi connectivity index (χ4n) is 3.32. The van der Waals surface area contributed by atoms with E-state index in [0.29, 0.717) is 11.8 Å². The minimum absolute atomic E-state index is 0.222. The number of allylic oxidation sites excluding steroid dienone is 3. The number of aromatic nitrogens is 1. The molecule has 194 valence electrons. The zero-order valence-electron chi connectivity index (χ0n) is 22.1. The van der Waals surface area contributed by atoms with Gasteiger partial charge in [0.25, 0.3) is 0 Å². The summed E-state index contributed by atoms with van der Waals surface area (Å²) in [5, 5.41) is 7.72. The van der Waals surface area contributed by atoms with E-state index < -0.39 is 5.97 Å². The van der Waals surface area contributed by atoms with E-state index >= 15 is 0 Å². The fourth-order valence-corrected chi connectivity index (χ4v) is 3.91. The van der Waals surface area contributed by atoms with Crippen LogP contribution in [0.5, 0.6) is 0 Å². The van der Waals surface area contributed by atoms with Gasteiger partial charge >= 0.3 is 5.97 Å². The van der Waals surface area contributed by atoms with Gasteiger partial charge in [-0.15, -0.1) is 23.2 Å². The quantitative estimate of drug-likeness (QED) is 0.234. The molecule has 0 saturated carbocycles. The first-order valence-corrected chi connectivity index (χ1v) is 13.4. The summed E-state index contributed by atoms with van der Waals surface area (Å²) in [5.74, 6) is 0.366. The van der Waals surface area contributed by atoms with Crippen molar-refractivity contribution in [2.24, 2.45) is 0 Å². The van der Waals surface area contributed by atoms with Gasteiger partial charge in [-0.25, -0.2) is 0 Å². The third kappa shape index (κ3) is 10.1. The van der Waals surface area contributed by atoms with Crippen LogP contribution in [-0.4, -0.2) is 27.4 Å². The Kier molecular flexibility index (Phi) is 15.3. The molecule has 3 nitrogen and oxygen atoms in total. The lowest BCUT2D eigenvalue weighted by atomic mass is 10.1. The Morgan fingerprint density at radius 3 is 1.97 bits per heavy atom. The lowest BCUT2D eigenvalue weighted by molar-refractivity contribution is -0.136. The van der Waals surface area contributed by atoms with Gasteiger partial charge in [-0.05, 0) is 67.7 Å². The van der Waals surface area contributed by atoms with Crippen LogP contribution >= 0.6 is 23.2 Å². The molecule has 1 aromatic heterocycles. The Bertz CT molecular complexity index is 1090. The Labute approximate surface area is 227 Å². The molecular formula is C31H39Cl2NO2. The van der Waals surface area contributed by atoms with Gasteiger partial charge < -0.3 is 9.67 Å². The normalized spacial score (nSPS) is 10.2. The highest BCUT2D eigenvalue weighted by molar-refractivity contribution is 6.23. The van der Waals surface area contributed by atoms with Gasteiger partial charge in [0.2, 0.25) is 0 Å². The first-order valence-electron chi connectivity index (χ1n) is 12.4.